The van der Waals surface area contributed by atoms with Gasteiger partial charge in [0.05, 0.1) is 12.7 Å². The number of unbranched alkanes of at least 4 members (excludes halogenated alkanes) is 2. The van der Waals surface area contributed by atoms with Crippen LogP contribution in [0.15, 0.2) is 24.3 Å². The van der Waals surface area contributed by atoms with Crippen LogP contribution in [0.4, 0.5) is 0 Å². The molecule has 1 N–H and O–H groups in total. The summed E-state index contributed by atoms with van der Waals surface area (Å²) >= 11 is 0. The Balaban J connectivity index is 1.94. The highest BCUT2D eigenvalue weighted by Gasteiger charge is 2.23. The average molecular weight is 261 g/mol. The van der Waals surface area contributed by atoms with Gasteiger partial charge in [0.25, 0.3) is 0 Å². The summed E-state index contributed by atoms with van der Waals surface area (Å²) in [5.74, 6) is 0. The summed E-state index contributed by atoms with van der Waals surface area (Å²) in [4.78, 5) is 0. The molecule has 2 unspecified atom stereocenters. The predicted octanol–water partition coefficient (Wildman–Crippen LogP) is 3.86. The van der Waals surface area contributed by atoms with Crippen molar-refractivity contribution >= 4 is 0 Å². The van der Waals surface area contributed by atoms with Gasteiger partial charge in [-0.05, 0) is 37.4 Å². The van der Waals surface area contributed by atoms with E-state index in [1.807, 2.05) is 0 Å². The van der Waals surface area contributed by atoms with E-state index >= 15 is 0 Å². The molecular formula is C17H27NO. The lowest BCUT2D eigenvalue weighted by atomic mass is 9.92. The molecule has 1 aliphatic heterocycles. The number of hydrogen-bond acceptors (Lipinski definition) is 2. The lowest BCUT2D eigenvalue weighted by Gasteiger charge is -2.29. The molecule has 1 heterocycles. The summed E-state index contributed by atoms with van der Waals surface area (Å²) in [7, 11) is 2.07. The van der Waals surface area contributed by atoms with Crippen LogP contribution < -0.4 is 5.32 Å². The molecule has 0 aromatic heterocycles. The molecule has 19 heavy (non-hydrogen) atoms. The first kappa shape index (κ1) is 14.5. The highest BCUT2D eigenvalue weighted by atomic mass is 16.5. The summed E-state index contributed by atoms with van der Waals surface area (Å²) in [5, 5.41) is 3.46. The van der Waals surface area contributed by atoms with Crippen LogP contribution in [0.5, 0.6) is 0 Å². The van der Waals surface area contributed by atoms with E-state index in [1.165, 1.54) is 36.8 Å². The first-order valence-corrected chi connectivity index (χ1v) is 7.71. The monoisotopic (exact) mass is 261 g/mol. The Bertz CT molecular complexity index is 377. The van der Waals surface area contributed by atoms with Crippen LogP contribution >= 0.6 is 0 Å². The number of ether oxygens (including phenoxy) is 1. The lowest BCUT2D eigenvalue weighted by molar-refractivity contribution is 0.0292. The third kappa shape index (κ3) is 4.05. The van der Waals surface area contributed by atoms with Crippen LogP contribution in [0, 0.1) is 0 Å². The van der Waals surface area contributed by atoms with Gasteiger partial charge in [0.1, 0.15) is 0 Å². The van der Waals surface area contributed by atoms with Crippen molar-refractivity contribution in [1.29, 1.82) is 0 Å². The zero-order valence-corrected chi connectivity index (χ0v) is 12.3. The molecule has 0 radical (unpaired) electrons. The van der Waals surface area contributed by atoms with E-state index < -0.39 is 0 Å². The van der Waals surface area contributed by atoms with E-state index in [1.54, 1.807) is 0 Å². The topological polar surface area (TPSA) is 21.3 Å². The van der Waals surface area contributed by atoms with Crippen LogP contribution in [-0.2, 0) is 11.2 Å². The first-order valence-electron chi connectivity index (χ1n) is 7.71. The molecule has 2 atom stereocenters. The van der Waals surface area contributed by atoms with Gasteiger partial charge in [-0.15, -0.1) is 0 Å². The van der Waals surface area contributed by atoms with E-state index in [9.17, 15) is 0 Å². The van der Waals surface area contributed by atoms with Crippen molar-refractivity contribution in [1.82, 2.24) is 5.32 Å². The molecule has 2 nitrogen and oxygen atoms in total. The zero-order valence-electron chi connectivity index (χ0n) is 12.3. The van der Waals surface area contributed by atoms with Crippen LogP contribution in [0.3, 0.4) is 0 Å². The van der Waals surface area contributed by atoms with E-state index in [-0.39, 0.29) is 6.10 Å². The number of rotatable bonds is 7. The van der Waals surface area contributed by atoms with Crippen LogP contribution in [0.25, 0.3) is 0 Å². The number of hydrogen-bond donors (Lipinski definition) is 1. The van der Waals surface area contributed by atoms with Crippen molar-refractivity contribution in [2.24, 2.45) is 0 Å². The van der Waals surface area contributed by atoms with Crippen molar-refractivity contribution in [3.63, 3.8) is 0 Å². The molecule has 2 heteroatoms. The second kappa shape index (κ2) is 7.66. The van der Waals surface area contributed by atoms with Crippen LogP contribution in [0.1, 0.15) is 56.3 Å². The minimum absolute atomic E-state index is 0.282. The molecule has 0 saturated heterocycles. The molecule has 0 amide bonds. The highest BCUT2D eigenvalue weighted by molar-refractivity contribution is 5.31. The van der Waals surface area contributed by atoms with Crippen molar-refractivity contribution in [3.8, 4) is 0 Å². The Morgan fingerprint density at radius 3 is 2.95 bits per heavy atom. The Kier molecular flexibility index (Phi) is 5.87. The molecule has 2 rings (SSSR count). The quantitative estimate of drug-likeness (QED) is 0.753. The Morgan fingerprint density at radius 2 is 2.16 bits per heavy atom. The maximum atomic E-state index is 6.00. The van der Waals surface area contributed by atoms with Crippen molar-refractivity contribution in [2.75, 3.05) is 13.7 Å². The van der Waals surface area contributed by atoms with Gasteiger partial charge in [0, 0.05) is 6.04 Å². The molecule has 1 aliphatic rings. The first-order chi connectivity index (χ1) is 9.35. The maximum absolute atomic E-state index is 6.00. The fourth-order valence-electron chi connectivity index (χ4n) is 2.95. The Hall–Kier alpha value is -0.860. The predicted molar refractivity (Wildman–Crippen MR) is 80.4 cm³/mol. The average Bonchev–Trinajstić information content (AvgIpc) is 2.46. The second-order valence-electron chi connectivity index (χ2n) is 5.53. The third-order valence-corrected chi connectivity index (χ3v) is 4.16. The smallest absolute Gasteiger partial charge is 0.0842 e. The number of nitrogens with one attached hydrogen (secondary N) is 1. The standard InChI is InChI=1S/C17H27NO/c1-3-4-5-9-15(18-2)13-17-16-10-7-6-8-14(16)11-12-19-17/h6-8,10,15,17-18H,3-5,9,11-13H2,1-2H3. The number of benzene rings is 1. The lowest BCUT2D eigenvalue weighted by Crippen LogP contribution is -2.29. The molecule has 0 spiro atoms. The second-order valence-corrected chi connectivity index (χ2v) is 5.53. The Labute approximate surface area is 117 Å². The van der Waals surface area contributed by atoms with Crippen LogP contribution in [0.2, 0.25) is 0 Å². The minimum Gasteiger partial charge on any atom is -0.373 e. The van der Waals surface area contributed by atoms with Gasteiger partial charge in [-0.1, -0.05) is 50.5 Å². The normalized spacial score (nSPS) is 20.0. The summed E-state index contributed by atoms with van der Waals surface area (Å²) in [6.45, 7) is 3.13. The molecule has 1 aromatic carbocycles. The SMILES string of the molecule is CCCCCC(CC1OCCc2ccccc21)NC. The third-order valence-electron chi connectivity index (χ3n) is 4.16. The molecule has 1 aromatic rings. The van der Waals surface area contributed by atoms with E-state index in [0.717, 1.165) is 19.4 Å². The van der Waals surface area contributed by atoms with Crippen molar-refractivity contribution < 1.29 is 4.74 Å². The van der Waals surface area contributed by atoms with Gasteiger partial charge < -0.3 is 10.1 Å². The van der Waals surface area contributed by atoms with Gasteiger partial charge in [-0.2, -0.15) is 0 Å². The molecule has 0 saturated carbocycles. The van der Waals surface area contributed by atoms with Crippen LogP contribution in [-0.4, -0.2) is 19.7 Å². The van der Waals surface area contributed by atoms with Gasteiger partial charge in [-0.3, -0.25) is 0 Å². The van der Waals surface area contributed by atoms with E-state index in [2.05, 4.69) is 43.6 Å². The van der Waals surface area contributed by atoms with E-state index in [4.69, 9.17) is 4.74 Å². The fraction of sp³-hybridized carbons (Fsp3) is 0.647. The number of fused-ring (bicyclic) bond motifs is 1. The summed E-state index contributed by atoms with van der Waals surface area (Å²) in [6.07, 6.45) is 7.63. The summed E-state index contributed by atoms with van der Waals surface area (Å²) in [6, 6.07) is 9.32. The molecule has 0 bridgehead atoms. The summed E-state index contributed by atoms with van der Waals surface area (Å²) in [5.41, 5.74) is 2.88. The highest BCUT2D eigenvalue weighted by Crippen LogP contribution is 2.31. The molecule has 0 fully saturated rings. The maximum Gasteiger partial charge on any atom is 0.0842 e. The zero-order chi connectivity index (χ0) is 13.5. The van der Waals surface area contributed by atoms with Gasteiger partial charge in [0.2, 0.25) is 0 Å². The molecule has 0 aliphatic carbocycles. The molecular weight excluding hydrogens is 234 g/mol. The van der Waals surface area contributed by atoms with Crippen molar-refractivity contribution in [2.45, 2.75) is 57.6 Å². The minimum atomic E-state index is 0.282. The van der Waals surface area contributed by atoms with Crippen molar-refractivity contribution in [3.05, 3.63) is 35.4 Å². The van der Waals surface area contributed by atoms with Gasteiger partial charge in [-0.25, -0.2) is 0 Å². The molecule has 106 valence electrons. The largest absolute Gasteiger partial charge is 0.373 e. The van der Waals surface area contributed by atoms with Gasteiger partial charge >= 0.3 is 0 Å². The fourth-order valence-corrected chi connectivity index (χ4v) is 2.95. The van der Waals surface area contributed by atoms with E-state index in [0.29, 0.717) is 6.04 Å². The Morgan fingerprint density at radius 1 is 1.32 bits per heavy atom. The van der Waals surface area contributed by atoms with Gasteiger partial charge in [0.15, 0.2) is 0 Å². The summed E-state index contributed by atoms with van der Waals surface area (Å²) < 4.78 is 6.00.